The number of hydrogen-bond acceptors (Lipinski definition) is 3. The molecular weight excluding hydrogens is 334 g/mol. The normalized spacial score (nSPS) is 21.2. The molecule has 0 radical (unpaired) electrons. The van der Waals surface area contributed by atoms with E-state index < -0.39 is 15.3 Å². The van der Waals surface area contributed by atoms with Crippen molar-refractivity contribution in [1.29, 1.82) is 0 Å². The second kappa shape index (κ2) is 6.10. The molecule has 0 aromatic heterocycles. The molecule has 0 atom stereocenters. The fourth-order valence-electron chi connectivity index (χ4n) is 3.74. The molecule has 1 aliphatic heterocycles. The largest absolute Gasteiger partial charge is 0.339 e. The lowest BCUT2D eigenvalue weighted by molar-refractivity contribution is -0.140. The number of rotatable bonds is 4. The highest BCUT2D eigenvalue weighted by Gasteiger charge is 2.49. The highest BCUT2D eigenvalue weighted by atomic mass is 35.5. The Morgan fingerprint density at radius 3 is 2.30 bits per heavy atom. The summed E-state index contributed by atoms with van der Waals surface area (Å²) >= 11 is 5.97. The third-order valence-corrected chi connectivity index (χ3v) is 7.68. The summed E-state index contributed by atoms with van der Waals surface area (Å²) in [6.45, 7) is 2.33. The van der Waals surface area contributed by atoms with Gasteiger partial charge in [0.05, 0.1) is 10.7 Å². The highest BCUT2D eigenvalue weighted by Crippen LogP contribution is 2.43. The fraction of sp³-hybridized carbons (Fsp3) is 0.588. The van der Waals surface area contributed by atoms with Gasteiger partial charge in [-0.25, -0.2) is 8.42 Å². The Balaban J connectivity index is 1.80. The molecule has 0 bridgehead atoms. The number of benzene rings is 1. The Morgan fingerprint density at radius 1 is 1.22 bits per heavy atom. The number of likely N-dealkylation sites (tertiary alicyclic amines) is 1. The van der Waals surface area contributed by atoms with E-state index in [2.05, 4.69) is 0 Å². The van der Waals surface area contributed by atoms with Crippen molar-refractivity contribution in [2.75, 3.05) is 18.8 Å². The Labute approximate surface area is 142 Å². The second-order valence-corrected chi connectivity index (χ2v) is 9.59. The first kappa shape index (κ1) is 16.8. The van der Waals surface area contributed by atoms with E-state index in [0.29, 0.717) is 18.1 Å². The van der Waals surface area contributed by atoms with Gasteiger partial charge >= 0.3 is 0 Å². The molecule has 1 amide bonds. The summed E-state index contributed by atoms with van der Waals surface area (Å²) < 4.78 is 23.8. The average molecular weight is 356 g/mol. The molecule has 1 aromatic rings. The molecule has 1 aromatic carbocycles. The van der Waals surface area contributed by atoms with Crippen LogP contribution in [0.25, 0.3) is 0 Å². The summed E-state index contributed by atoms with van der Waals surface area (Å²) in [4.78, 5) is 14.8. The summed E-state index contributed by atoms with van der Waals surface area (Å²) in [7, 11) is -3.05. The molecule has 2 aliphatic rings. The van der Waals surface area contributed by atoms with Crippen LogP contribution in [0.15, 0.2) is 24.3 Å². The van der Waals surface area contributed by atoms with Crippen LogP contribution in [0, 0.1) is 0 Å². The summed E-state index contributed by atoms with van der Waals surface area (Å²) in [6.07, 6.45) is 3.71. The van der Waals surface area contributed by atoms with Gasteiger partial charge in [-0.05, 0) is 30.5 Å². The van der Waals surface area contributed by atoms with E-state index >= 15 is 0 Å². The molecule has 6 heteroatoms. The quantitative estimate of drug-likeness (QED) is 0.834. The minimum absolute atomic E-state index is 0.0832. The van der Waals surface area contributed by atoms with Crippen LogP contribution in [0.2, 0.25) is 5.02 Å². The highest BCUT2D eigenvalue weighted by molar-refractivity contribution is 7.92. The maximum atomic E-state index is 13.1. The Bertz CT molecular complexity index is 687. The standard InChI is InChI=1S/C17H22ClNO3S/c1-2-23(21,22)15-11-19(12-15)16(20)17(9-3-4-10-17)13-5-7-14(18)8-6-13/h5-8,15H,2-4,9-12H2,1H3. The van der Waals surface area contributed by atoms with Crippen LogP contribution in [0.5, 0.6) is 0 Å². The fourth-order valence-corrected chi connectivity index (χ4v) is 5.15. The molecule has 1 saturated heterocycles. The van der Waals surface area contributed by atoms with E-state index in [-0.39, 0.29) is 16.9 Å². The van der Waals surface area contributed by atoms with Crippen molar-refractivity contribution in [2.45, 2.75) is 43.3 Å². The van der Waals surface area contributed by atoms with Gasteiger partial charge in [-0.1, -0.05) is 43.5 Å². The first-order valence-electron chi connectivity index (χ1n) is 8.16. The molecule has 1 heterocycles. The molecule has 2 fully saturated rings. The molecule has 23 heavy (non-hydrogen) atoms. The summed E-state index contributed by atoms with van der Waals surface area (Å²) in [5.41, 5.74) is 0.511. The summed E-state index contributed by atoms with van der Waals surface area (Å²) in [5.74, 6) is 0.224. The Morgan fingerprint density at radius 2 is 1.78 bits per heavy atom. The number of carbonyl (C=O) groups excluding carboxylic acids is 1. The SMILES string of the molecule is CCS(=O)(=O)C1CN(C(=O)C2(c3ccc(Cl)cc3)CCCC2)C1. The van der Waals surface area contributed by atoms with Crippen molar-refractivity contribution < 1.29 is 13.2 Å². The van der Waals surface area contributed by atoms with Crippen LogP contribution in [-0.4, -0.2) is 43.3 Å². The average Bonchev–Trinajstić information content (AvgIpc) is 2.97. The zero-order chi connectivity index (χ0) is 16.7. The monoisotopic (exact) mass is 355 g/mol. The molecule has 126 valence electrons. The van der Waals surface area contributed by atoms with Crippen molar-refractivity contribution in [3.8, 4) is 0 Å². The number of sulfone groups is 1. The molecule has 1 aliphatic carbocycles. The number of amides is 1. The third-order valence-electron chi connectivity index (χ3n) is 5.31. The molecular formula is C17H22ClNO3S. The number of halogens is 1. The summed E-state index contributed by atoms with van der Waals surface area (Å²) in [6, 6.07) is 7.52. The maximum Gasteiger partial charge on any atom is 0.233 e. The zero-order valence-electron chi connectivity index (χ0n) is 13.3. The van der Waals surface area contributed by atoms with Crippen LogP contribution < -0.4 is 0 Å². The minimum Gasteiger partial charge on any atom is -0.339 e. The van der Waals surface area contributed by atoms with Gasteiger partial charge in [0.25, 0.3) is 0 Å². The molecule has 4 nitrogen and oxygen atoms in total. The smallest absolute Gasteiger partial charge is 0.233 e. The van der Waals surface area contributed by atoms with Gasteiger partial charge in [0, 0.05) is 23.9 Å². The summed E-state index contributed by atoms with van der Waals surface area (Å²) in [5, 5.41) is 0.271. The maximum absolute atomic E-state index is 13.1. The van der Waals surface area contributed by atoms with Gasteiger partial charge in [0.15, 0.2) is 9.84 Å². The molecule has 0 spiro atoms. The number of nitrogens with zero attached hydrogens (tertiary/aromatic N) is 1. The van der Waals surface area contributed by atoms with Gasteiger partial charge < -0.3 is 4.90 Å². The third kappa shape index (κ3) is 2.89. The van der Waals surface area contributed by atoms with Crippen molar-refractivity contribution in [3.05, 3.63) is 34.9 Å². The number of carbonyl (C=O) groups is 1. The van der Waals surface area contributed by atoms with E-state index in [0.717, 1.165) is 31.2 Å². The lowest BCUT2D eigenvalue weighted by Crippen LogP contribution is -2.61. The van der Waals surface area contributed by atoms with E-state index in [1.807, 2.05) is 24.3 Å². The van der Waals surface area contributed by atoms with E-state index in [4.69, 9.17) is 11.6 Å². The van der Waals surface area contributed by atoms with Crippen molar-refractivity contribution >= 4 is 27.3 Å². The Kier molecular flexibility index (Phi) is 4.45. The molecule has 0 N–H and O–H groups in total. The van der Waals surface area contributed by atoms with Gasteiger partial charge in [-0.15, -0.1) is 0 Å². The molecule has 1 saturated carbocycles. The number of hydrogen-bond donors (Lipinski definition) is 0. The van der Waals surface area contributed by atoms with Gasteiger partial charge in [0.2, 0.25) is 5.91 Å². The van der Waals surface area contributed by atoms with Crippen molar-refractivity contribution in [1.82, 2.24) is 4.90 Å². The first-order valence-corrected chi connectivity index (χ1v) is 10.3. The van der Waals surface area contributed by atoms with Crippen LogP contribution >= 0.6 is 11.6 Å². The molecule has 3 rings (SSSR count). The van der Waals surface area contributed by atoms with E-state index in [1.54, 1.807) is 11.8 Å². The zero-order valence-corrected chi connectivity index (χ0v) is 14.9. The first-order chi connectivity index (χ1) is 10.9. The lowest BCUT2D eigenvalue weighted by atomic mass is 9.77. The Hall–Kier alpha value is -1.07. The molecule has 0 unspecified atom stereocenters. The van der Waals surface area contributed by atoms with Gasteiger partial charge in [-0.2, -0.15) is 0 Å². The van der Waals surface area contributed by atoms with Crippen LogP contribution in [0.4, 0.5) is 0 Å². The van der Waals surface area contributed by atoms with Crippen molar-refractivity contribution in [2.24, 2.45) is 0 Å². The van der Waals surface area contributed by atoms with Crippen molar-refractivity contribution in [3.63, 3.8) is 0 Å². The van der Waals surface area contributed by atoms with Crippen LogP contribution in [0.1, 0.15) is 38.2 Å². The topological polar surface area (TPSA) is 54.5 Å². The lowest BCUT2D eigenvalue weighted by Gasteiger charge is -2.43. The van der Waals surface area contributed by atoms with Gasteiger partial charge in [-0.3, -0.25) is 4.79 Å². The predicted molar refractivity (Wildman–Crippen MR) is 91.4 cm³/mol. The minimum atomic E-state index is -3.05. The van der Waals surface area contributed by atoms with Gasteiger partial charge in [0.1, 0.15) is 0 Å². The van der Waals surface area contributed by atoms with E-state index in [9.17, 15) is 13.2 Å². The van der Waals surface area contributed by atoms with Crippen LogP contribution in [-0.2, 0) is 20.0 Å². The predicted octanol–water partition coefficient (Wildman–Crippen LogP) is 2.80. The second-order valence-electron chi connectivity index (χ2n) is 6.58. The van der Waals surface area contributed by atoms with E-state index in [1.165, 1.54) is 0 Å². The van der Waals surface area contributed by atoms with Crippen LogP contribution in [0.3, 0.4) is 0 Å².